The average Bonchev–Trinajstić information content (AvgIpc) is 2.35. The van der Waals surface area contributed by atoms with Gasteiger partial charge in [0, 0.05) is 6.20 Å². The highest BCUT2D eigenvalue weighted by atomic mass is 16.3. The molecular weight excluding hydrogens is 212 g/mol. The molecule has 0 aromatic carbocycles. The molecule has 17 heavy (non-hydrogen) atoms. The van der Waals surface area contributed by atoms with Crippen molar-refractivity contribution in [1.82, 2.24) is 9.97 Å². The van der Waals surface area contributed by atoms with E-state index in [1.807, 2.05) is 6.92 Å². The Hall–Kier alpha value is -0.960. The lowest BCUT2D eigenvalue weighted by atomic mass is 9.92. The molecule has 0 aliphatic carbocycles. The maximum Gasteiger partial charge on any atom is 0.0978 e. The summed E-state index contributed by atoms with van der Waals surface area (Å²) in [7, 11) is 0. The van der Waals surface area contributed by atoms with E-state index in [0.717, 1.165) is 18.5 Å². The number of hydrogen-bond acceptors (Lipinski definition) is 3. The fraction of sp³-hybridized carbons (Fsp3) is 0.714. The molecule has 2 atom stereocenters. The van der Waals surface area contributed by atoms with E-state index < -0.39 is 6.10 Å². The Bertz CT molecular complexity index is 311. The Morgan fingerprint density at radius 1 is 1.24 bits per heavy atom. The molecule has 0 saturated carbocycles. The predicted molar refractivity (Wildman–Crippen MR) is 69.7 cm³/mol. The van der Waals surface area contributed by atoms with Crippen molar-refractivity contribution in [2.75, 3.05) is 0 Å². The summed E-state index contributed by atoms with van der Waals surface area (Å²) in [4.78, 5) is 8.41. The van der Waals surface area contributed by atoms with E-state index in [4.69, 9.17) is 0 Å². The number of unbranched alkanes of at least 4 members (excludes halogenated alkanes) is 1. The van der Waals surface area contributed by atoms with E-state index in [1.165, 1.54) is 19.3 Å². The smallest absolute Gasteiger partial charge is 0.0978 e. The first-order chi connectivity index (χ1) is 8.17. The van der Waals surface area contributed by atoms with Crippen molar-refractivity contribution >= 4 is 0 Å². The Balaban J connectivity index is 2.51. The van der Waals surface area contributed by atoms with E-state index in [2.05, 4.69) is 23.8 Å². The molecule has 0 aliphatic rings. The summed E-state index contributed by atoms with van der Waals surface area (Å²) in [5.74, 6) is 0.591. The molecule has 1 rings (SSSR count). The van der Waals surface area contributed by atoms with Crippen molar-refractivity contribution in [2.24, 2.45) is 5.92 Å². The third-order valence-electron chi connectivity index (χ3n) is 3.24. The minimum atomic E-state index is -0.468. The third-order valence-corrected chi connectivity index (χ3v) is 3.24. The van der Waals surface area contributed by atoms with Crippen molar-refractivity contribution < 1.29 is 5.11 Å². The number of rotatable bonds is 7. The molecular formula is C14H24N2O. The summed E-state index contributed by atoms with van der Waals surface area (Å²) in [6.45, 7) is 6.29. The maximum atomic E-state index is 10.1. The van der Waals surface area contributed by atoms with Crippen LogP contribution in [0.1, 0.15) is 63.4 Å². The first-order valence-corrected chi connectivity index (χ1v) is 6.64. The highest BCUT2D eigenvalue weighted by Gasteiger charge is 2.15. The van der Waals surface area contributed by atoms with E-state index in [1.54, 1.807) is 12.4 Å². The summed E-state index contributed by atoms with van der Waals surface area (Å²) < 4.78 is 0. The van der Waals surface area contributed by atoms with Crippen LogP contribution < -0.4 is 0 Å². The zero-order valence-corrected chi connectivity index (χ0v) is 11.2. The van der Waals surface area contributed by atoms with Gasteiger partial charge in [-0.05, 0) is 19.3 Å². The van der Waals surface area contributed by atoms with E-state index in [0.29, 0.717) is 11.6 Å². The summed E-state index contributed by atoms with van der Waals surface area (Å²) in [5, 5.41) is 10.1. The second-order valence-electron chi connectivity index (χ2n) is 4.75. The Labute approximate surface area is 104 Å². The predicted octanol–water partition coefficient (Wildman–Crippen LogP) is 3.42. The number of hydrogen-bond donors (Lipinski definition) is 1. The van der Waals surface area contributed by atoms with Gasteiger partial charge in [-0.15, -0.1) is 0 Å². The molecule has 96 valence electrons. The number of aliphatic hydroxyl groups excluding tert-OH is 1. The minimum Gasteiger partial charge on any atom is -0.387 e. The topological polar surface area (TPSA) is 46.0 Å². The van der Waals surface area contributed by atoms with Crippen LogP contribution >= 0.6 is 0 Å². The molecule has 0 radical (unpaired) electrons. The van der Waals surface area contributed by atoms with Crippen LogP contribution in [-0.4, -0.2) is 15.1 Å². The average molecular weight is 236 g/mol. The van der Waals surface area contributed by atoms with Gasteiger partial charge in [0.05, 0.1) is 23.7 Å². The molecule has 1 heterocycles. The van der Waals surface area contributed by atoms with Crippen LogP contribution in [0.3, 0.4) is 0 Å². The van der Waals surface area contributed by atoms with Gasteiger partial charge in [-0.3, -0.25) is 9.97 Å². The van der Waals surface area contributed by atoms with Gasteiger partial charge in [0.25, 0.3) is 0 Å². The molecule has 2 unspecified atom stereocenters. The quantitative estimate of drug-likeness (QED) is 0.789. The van der Waals surface area contributed by atoms with Crippen molar-refractivity contribution in [3.8, 4) is 0 Å². The number of aliphatic hydroxyl groups is 1. The Kier molecular flexibility index (Phi) is 6.12. The van der Waals surface area contributed by atoms with Crippen LogP contribution in [0.25, 0.3) is 0 Å². The molecule has 0 amide bonds. The second kappa shape index (κ2) is 7.38. The van der Waals surface area contributed by atoms with Gasteiger partial charge in [-0.25, -0.2) is 0 Å². The summed E-state index contributed by atoms with van der Waals surface area (Å²) >= 11 is 0. The van der Waals surface area contributed by atoms with Crippen LogP contribution in [0.4, 0.5) is 0 Å². The molecule has 0 spiro atoms. The van der Waals surface area contributed by atoms with Crippen LogP contribution in [0.5, 0.6) is 0 Å². The fourth-order valence-electron chi connectivity index (χ4n) is 1.99. The maximum absolute atomic E-state index is 10.1. The molecule has 1 N–H and O–H groups in total. The molecule has 0 fully saturated rings. The zero-order valence-electron chi connectivity index (χ0n) is 11.2. The van der Waals surface area contributed by atoms with Crippen molar-refractivity contribution in [2.45, 2.75) is 59.0 Å². The zero-order chi connectivity index (χ0) is 12.7. The lowest BCUT2D eigenvalue weighted by Gasteiger charge is -2.18. The minimum absolute atomic E-state index is 0.468. The molecule has 0 aliphatic heterocycles. The second-order valence-corrected chi connectivity index (χ2v) is 4.75. The monoisotopic (exact) mass is 236 g/mol. The van der Waals surface area contributed by atoms with Gasteiger partial charge >= 0.3 is 0 Å². The lowest BCUT2D eigenvalue weighted by Crippen LogP contribution is -2.09. The summed E-state index contributed by atoms with van der Waals surface area (Å²) in [5.41, 5.74) is 1.59. The van der Waals surface area contributed by atoms with E-state index in [-0.39, 0.29) is 0 Å². The van der Waals surface area contributed by atoms with Gasteiger partial charge < -0.3 is 5.11 Å². The van der Waals surface area contributed by atoms with Crippen molar-refractivity contribution in [3.05, 3.63) is 23.8 Å². The number of nitrogens with zero attached hydrogens (tertiary/aromatic N) is 2. The number of aromatic nitrogens is 2. The van der Waals surface area contributed by atoms with Gasteiger partial charge in [0.2, 0.25) is 0 Å². The van der Waals surface area contributed by atoms with Crippen molar-refractivity contribution in [3.63, 3.8) is 0 Å². The standard InChI is InChI=1S/C14H24N2O/c1-4-6-7-12(5-2)8-14(17)13-10-15-11(3)9-16-13/h9-10,12,14,17H,4-8H2,1-3H3. The normalized spacial score (nSPS) is 14.6. The van der Waals surface area contributed by atoms with E-state index >= 15 is 0 Å². The third kappa shape index (κ3) is 4.82. The molecule has 3 heteroatoms. The van der Waals surface area contributed by atoms with Crippen LogP contribution in [0.15, 0.2) is 12.4 Å². The SMILES string of the molecule is CCCCC(CC)CC(O)c1cnc(C)cn1. The van der Waals surface area contributed by atoms with Gasteiger partial charge in [-0.1, -0.05) is 39.5 Å². The number of aryl methyl sites for hydroxylation is 1. The van der Waals surface area contributed by atoms with Gasteiger partial charge in [0.15, 0.2) is 0 Å². The van der Waals surface area contributed by atoms with Gasteiger partial charge in [0.1, 0.15) is 0 Å². The largest absolute Gasteiger partial charge is 0.387 e. The molecule has 1 aromatic heterocycles. The molecule has 0 bridgehead atoms. The highest BCUT2D eigenvalue weighted by Crippen LogP contribution is 2.25. The Morgan fingerprint density at radius 2 is 2.00 bits per heavy atom. The van der Waals surface area contributed by atoms with Gasteiger partial charge in [-0.2, -0.15) is 0 Å². The van der Waals surface area contributed by atoms with Crippen LogP contribution in [-0.2, 0) is 0 Å². The summed E-state index contributed by atoms with van der Waals surface area (Å²) in [6.07, 6.45) is 8.51. The molecule has 3 nitrogen and oxygen atoms in total. The highest BCUT2D eigenvalue weighted by molar-refractivity contribution is 5.03. The molecule has 1 aromatic rings. The summed E-state index contributed by atoms with van der Waals surface area (Å²) in [6, 6.07) is 0. The lowest BCUT2D eigenvalue weighted by molar-refractivity contribution is 0.134. The first kappa shape index (κ1) is 14.1. The molecule has 0 saturated heterocycles. The Morgan fingerprint density at radius 3 is 2.53 bits per heavy atom. The van der Waals surface area contributed by atoms with Crippen LogP contribution in [0, 0.1) is 12.8 Å². The van der Waals surface area contributed by atoms with Crippen LogP contribution in [0.2, 0.25) is 0 Å². The first-order valence-electron chi connectivity index (χ1n) is 6.64. The fourth-order valence-corrected chi connectivity index (χ4v) is 1.99. The van der Waals surface area contributed by atoms with Crippen molar-refractivity contribution in [1.29, 1.82) is 0 Å². The van der Waals surface area contributed by atoms with E-state index in [9.17, 15) is 5.11 Å².